The fourth-order valence-corrected chi connectivity index (χ4v) is 5.24. The molecule has 8 heteroatoms. The third-order valence-electron chi connectivity index (χ3n) is 6.99. The molecule has 2 fully saturated rings. The number of benzene rings is 1. The summed E-state index contributed by atoms with van der Waals surface area (Å²) in [7, 11) is 3.70. The molecule has 2 saturated heterocycles. The van der Waals surface area contributed by atoms with Crippen LogP contribution < -0.4 is 19.7 Å². The standard InChI is InChI=1S/C24H26N6O2/c1-30(19-9-17-4-5-18(10-19)27-17)24-25-12-21-20-6-3-14(7-16(20)13-32-23(21)28-24)15-8-22(31-2)29-26-11-15/h3,6-8,11-12,17-19,27H,4-5,9-10,13H2,1-2H3/t17-,18+,19?. The number of hydrogen-bond acceptors (Lipinski definition) is 8. The second-order valence-corrected chi connectivity index (χ2v) is 8.91. The average molecular weight is 431 g/mol. The second-order valence-electron chi connectivity index (χ2n) is 8.91. The Bertz CT molecular complexity index is 1160. The number of ether oxygens (including phenoxy) is 2. The summed E-state index contributed by atoms with van der Waals surface area (Å²) in [5.41, 5.74) is 5.14. The quantitative estimate of drug-likeness (QED) is 0.675. The predicted octanol–water partition coefficient (Wildman–Crippen LogP) is 3.22. The van der Waals surface area contributed by atoms with Crippen molar-refractivity contribution in [1.82, 2.24) is 25.5 Å². The smallest absolute Gasteiger partial charge is 0.233 e. The van der Waals surface area contributed by atoms with Gasteiger partial charge >= 0.3 is 0 Å². The molecule has 2 bridgehead atoms. The van der Waals surface area contributed by atoms with E-state index in [0.29, 0.717) is 36.5 Å². The van der Waals surface area contributed by atoms with Crippen molar-refractivity contribution in [2.24, 2.45) is 0 Å². The van der Waals surface area contributed by atoms with E-state index < -0.39 is 0 Å². The van der Waals surface area contributed by atoms with Gasteiger partial charge in [-0.1, -0.05) is 12.1 Å². The zero-order chi connectivity index (χ0) is 21.7. The van der Waals surface area contributed by atoms with E-state index >= 15 is 0 Å². The molecule has 0 aliphatic carbocycles. The van der Waals surface area contributed by atoms with Gasteiger partial charge in [0.05, 0.1) is 18.9 Å². The van der Waals surface area contributed by atoms with Crippen molar-refractivity contribution < 1.29 is 9.47 Å². The van der Waals surface area contributed by atoms with Crippen LogP contribution in [0.1, 0.15) is 31.2 Å². The van der Waals surface area contributed by atoms with E-state index in [2.05, 4.69) is 45.7 Å². The van der Waals surface area contributed by atoms with Crippen molar-refractivity contribution in [3.63, 3.8) is 0 Å². The monoisotopic (exact) mass is 430 g/mol. The zero-order valence-corrected chi connectivity index (χ0v) is 18.3. The maximum absolute atomic E-state index is 6.08. The predicted molar refractivity (Wildman–Crippen MR) is 121 cm³/mol. The number of nitrogens with one attached hydrogen (secondary N) is 1. The molecule has 3 atom stereocenters. The number of fused-ring (bicyclic) bond motifs is 5. The van der Waals surface area contributed by atoms with E-state index in [9.17, 15) is 0 Å². The molecule has 2 aromatic heterocycles. The van der Waals surface area contributed by atoms with Crippen molar-refractivity contribution in [1.29, 1.82) is 0 Å². The van der Waals surface area contributed by atoms with Crippen LogP contribution in [-0.2, 0) is 6.61 Å². The topological polar surface area (TPSA) is 85.3 Å². The zero-order valence-electron chi connectivity index (χ0n) is 18.3. The number of rotatable bonds is 4. The summed E-state index contributed by atoms with van der Waals surface area (Å²) in [6, 6.07) is 9.92. The Kier molecular flexibility index (Phi) is 4.68. The molecular weight excluding hydrogens is 404 g/mol. The minimum Gasteiger partial charge on any atom is -0.480 e. The number of piperidine rings is 1. The third-order valence-corrected chi connectivity index (χ3v) is 6.99. The number of nitrogens with zero attached hydrogens (tertiary/aromatic N) is 5. The molecule has 8 nitrogen and oxygen atoms in total. The summed E-state index contributed by atoms with van der Waals surface area (Å²) in [5.74, 6) is 1.89. The molecular formula is C24H26N6O2. The van der Waals surface area contributed by atoms with Crippen LogP contribution in [0.25, 0.3) is 22.3 Å². The highest BCUT2D eigenvalue weighted by molar-refractivity contribution is 5.77. The SMILES string of the molecule is COc1cc(-c2ccc3c(c2)COc2nc(N(C)C4C[C@H]5CC[C@@H](C4)N5)ncc2-3)cnn1. The van der Waals surface area contributed by atoms with Crippen molar-refractivity contribution in [3.8, 4) is 34.0 Å². The molecule has 6 rings (SSSR count). The van der Waals surface area contributed by atoms with Gasteiger partial charge in [0, 0.05) is 43.0 Å². The highest BCUT2D eigenvalue weighted by atomic mass is 16.5. The first-order valence-corrected chi connectivity index (χ1v) is 11.2. The fourth-order valence-electron chi connectivity index (χ4n) is 5.24. The molecule has 3 aliphatic rings. The van der Waals surface area contributed by atoms with Gasteiger partial charge < -0.3 is 19.7 Å². The summed E-state index contributed by atoms with van der Waals surface area (Å²) >= 11 is 0. The number of methoxy groups -OCH3 is 1. The third kappa shape index (κ3) is 3.35. The summed E-state index contributed by atoms with van der Waals surface area (Å²) < 4.78 is 11.3. The molecule has 0 radical (unpaired) electrons. The van der Waals surface area contributed by atoms with Gasteiger partial charge in [0.25, 0.3) is 0 Å². The Morgan fingerprint density at radius 2 is 1.91 bits per heavy atom. The van der Waals surface area contributed by atoms with Crippen LogP contribution in [0.15, 0.2) is 36.7 Å². The van der Waals surface area contributed by atoms with Crippen LogP contribution in [0.5, 0.6) is 11.8 Å². The Morgan fingerprint density at radius 3 is 2.72 bits per heavy atom. The molecule has 0 saturated carbocycles. The number of hydrogen-bond donors (Lipinski definition) is 1. The van der Waals surface area contributed by atoms with Crippen LogP contribution in [0.4, 0.5) is 5.95 Å². The molecule has 1 aromatic carbocycles. The lowest BCUT2D eigenvalue weighted by atomic mass is 9.95. The molecule has 1 unspecified atom stereocenters. The maximum Gasteiger partial charge on any atom is 0.233 e. The van der Waals surface area contributed by atoms with Gasteiger partial charge in [-0.2, -0.15) is 10.1 Å². The number of anilines is 1. The van der Waals surface area contributed by atoms with Gasteiger partial charge in [-0.25, -0.2) is 4.98 Å². The lowest BCUT2D eigenvalue weighted by Crippen LogP contribution is -2.47. The highest BCUT2D eigenvalue weighted by Crippen LogP contribution is 2.39. The first kappa shape index (κ1) is 19.4. The summed E-state index contributed by atoms with van der Waals surface area (Å²) in [6.45, 7) is 0.476. The average Bonchev–Trinajstić information content (AvgIpc) is 3.19. The van der Waals surface area contributed by atoms with Crippen LogP contribution in [0.2, 0.25) is 0 Å². The molecule has 0 amide bonds. The first-order chi connectivity index (χ1) is 15.7. The first-order valence-electron chi connectivity index (χ1n) is 11.2. The molecule has 0 spiro atoms. The Morgan fingerprint density at radius 1 is 1.06 bits per heavy atom. The van der Waals surface area contributed by atoms with E-state index in [0.717, 1.165) is 46.6 Å². The van der Waals surface area contributed by atoms with E-state index in [1.807, 2.05) is 12.3 Å². The number of aromatic nitrogens is 4. The van der Waals surface area contributed by atoms with Crippen LogP contribution in [-0.4, -0.2) is 52.4 Å². The second kappa shape index (κ2) is 7.70. The summed E-state index contributed by atoms with van der Waals surface area (Å²) in [4.78, 5) is 11.8. The molecule has 32 heavy (non-hydrogen) atoms. The Hall–Kier alpha value is -3.26. The molecule has 3 aromatic rings. The van der Waals surface area contributed by atoms with Gasteiger partial charge in [-0.15, -0.1) is 5.10 Å². The van der Waals surface area contributed by atoms with Crippen molar-refractivity contribution in [3.05, 3.63) is 42.2 Å². The summed E-state index contributed by atoms with van der Waals surface area (Å²) in [6.07, 6.45) is 8.50. The Balaban J connectivity index is 1.27. The lowest BCUT2D eigenvalue weighted by molar-refractivity contribution is 0.289. The van der Waals surface area contributed by atoms with Crippen LogP contribution >= 0.6 is 0 Å². The molecule has 164 valence electrons. The molecule has 5 heterocycles. The molecule has 3 aliphatic heterocycles. The normalized spacial score (nSPS) is 23.1. The maximum atomic E-state index is 6.08. The van der Waals surface area contributed by atoms with Crippen molar-refractivity contribution >= 4 is 5.95 Å². The van der Waals surface area contributed by atoms with Crippen molar-refractivity contribution in [2.75, 3.05) is 19.1 Å². The minimum atomic E-state index is 0.469. The van der Waals surface area contributed by atoms with Crippen molar-refractivity contribution in [2.45, 2.75) is 50.4 Å². The van der Waals surface area contributed by atoms with E-state index in [1.165, 1.54) is 12.8 Å². The van der Waals surface area contributed by atoms with E-state index in [4.69, 9.17) is 19.4 Å². The highest BCUT2D eigenvalue weighted by Gasteiger charge is 2.36. The van der Waals surface area contributed by atoms with Crippen LogP contribution in [0.3, 0.4) is 0 Å². The van der Waals surface area contributed by atoms with E-state index in [-0.39, 0.29) is 0 Å². The van der Waals surface area contributed by atoms with Gasteiger partial charge in [-0.3, -0.25) is 0 Å². The van der Waals surface area contributed by atoms with Gasteiger partial charge in [0.1, 0.15) is 6.61 Å². The van der Waals surface area contributed by atoms with Gasteiger partial charge in [0.15, 0.2) is 0 Å². The minimum absolute atomic E-state index is 0.469. The Labute approximate surface area is 187 Å². The summed E-state index contributed by atoms with van der Waals surface area (Å²) in [5, 5.41) is 11.7. The van der Waals surface area contributed by atoms with Crippen LogP contribution in [0, 0.1) is 0 Å². The fraction of sp³-hybridized carbons (Fsp3) is 0.417. The molecule has 1 N–H and O–H groups in total. The largest absolute Gasteiger partial charge is 0.480 e. The lowest BCUT2D eigenvalue weighted by Gasteiger charge is -2.35. The van der Waals surface area contributed by atoms with Gasteiger partial charge in [-0.05, 0) is 48.4 Å². The van der Waals surface area contributed by atoms with Gasteiger partial charge in [0.2, 0.25) is 17.7 Å². The van der Waals surface area contributed by atoms with E-state index in [1.54, 1.807) is 13.3 Å².